The summed E-state index contributed by atoms with van der Waals surface area (Å²) in [7, 11) is 0. The lowest BCUT2D eigenvalue weighted by atomic mass is 10.0. The van der Waals surface area contributed by atoms with Gasteiger partial charge in [-0.05, 0) is 26.2 Å². The molecule has 2 rings (SSSR count). The third kappa shape index (κ3) is 3.09. The third-order valence-electron chi connectivity index (χ3n) is 3.17. The molecule has 7 heteroatoms. The average Bonchev–Trinajstić information content (AvgIpc) is 2.91. The molecule has 1 fully saturated rings. The van der Waals surface area contributed by atoms with Crippen molar-refractivity contribution in [3.05, 3.63) is 5.82 Å². The van der Waals surface area contributed by atoms with E-state index < -0.39 is 5.97 Å². The molecule has 1 aromatic heterocycles. The molecule has 1 aliphatic heterocycles. The van der Waals surface area contributed by atoms with Crippen LogP contribution < -0.4 is 0 Å². The van der Waals surface area contributed by atoms with Crippen LogP contribution in [0.3, 0.4) is 0 Å². The van der Waals surface area contributed by atoms with E-state index in [1.165, 1.54) is 11.8 Å². The van der Waals surface area contributed by atoms with Crippen molar-refractivity contribution in [3.63, 3.8) is 0 Å². The van der Waals surface area contributed by atoms with E-state index in [1.54, 1.807) is 0 Å². The van der Waals surface area contributed by atoms with Crippen LogP contribution in [0.1, 0.15) is 45.2 Å². The standard InChI is InChI=1S/C12H19N3O3S/c1-7(2)15-11(10-8(3)4-5-18-10)13-14-12(15)19-6-9(16)17/h7-8,10H,4-6H2,1-3H3,(H,16,17). The lowest BCUT2D eigenvalue weighted by Crippen LogP contribution is -2.15. The van der Waals surface area contributed by atoms with Gasteiger partial charge in [-0.2, -0.15) is 0 Å². The van der Waals surface area contributed by atoms with E-state index in [4.69, 9.17) is 9.84 Å². The van der Waals surface area contributed by atoms with Gasteiger partial charge in [-0.15, -0.1) is 10.2 Å². The number of nitrogens with zero attached hydrogens (tertiary/aromatic N) is 3. The second-order valence-electron chi connectivity index (χ2n) is 5.04. The molecule has 6 nitrogen and oxygen atoms in total. The number of ether oxygens (including phenoxy) is 1. The van der Waals surface area contributed by atoms with Crippen LogP contribution in [0.5, 0.6) is 0 Å². The molecular formula is C12H19N3O3S. The number of rotatable bonds is 5. The molecule has 2 unspecified atom stereocenters. The monoisotopic (exact) mass is 285 g/mol. The second kappa shape index (κ2) is 5.92. The zero-order chi connectivity index (χ0) is 14.0. The molecule has 0 spiro atoms. The Morgan fingerprint density at radius 3 is 2.84 bits per heavy atom. The largest absolute Gasteiger partial charge is 0.481 e. The van der Waals surface area contributed by atoms with Crippen molar-refractivity contribution in [3.8, 4) is 0 Å². The Balaban J connectivity index is 2.26. The maximum absolute atomic E-state index is 10.7. The molecule has 1 aromatic rings. The summed E-state index contributed by atoms with van der Waals surface area (Å²) in [4.78, 5) is 10.7. The minimum absolute atomic E-state index is 0.00801. The highest BCUT2D eigenvalue weighted by atomic mass is 32.2. The highest BCUT2D eigenvalue weighted by Gasteiger charge is 2.32. The molecule has 1 N–H and O–H groups in total. The maximum atomic E-state index is 10.7. The number of hydrogen-bond donors (Lipinski definition) is 1. The Morgan fingerprint density at radius 2 is 2.32 bits per heavy atom. The lowest BCUT2D eigenvalue weighted by molar-refractivity contribution is -0.133. The number of carbonyl (C=O) groups is 1. The lowest BCUT2D eigenvalue weighted by Gasteiger charge is -2.18. The molecule has 106 valence electrons. The van der Waals surface area contributed by atoms with Crippen molar-refractivity contribution in [2.75, 3.05) is 12.4 Å². The van der Waals surface area contributed by atoms with E-state index in [-0.39, 0.29) is 17.9 Å². The van der Waals surface area contributed by atoms with Gasteiger partial charge in [0.15, 0.2) is 11.0 Å². The molecule has 19 heavy (non-hydrogen) atoms. The minimum atomic E-state index is -0.852. The molecule has 2 heterocycles. The molecule has 0 amide bonds. The number of thioether (sulfide) groups is 1. The van der Waals surface area contributed by atoms with Crippen LogP contribution in [0.2, 0.25) is 0 Å². The predicted octanol–water partition coefficient (Wildman–Crippen LogP) is 2.13. The van der Waals surface area contributed by atoms with Gasteiger partial charge in [-0.25, -0.2) is 0 Å². The van der Waals surface area contributed by atoms with Crippen LogP contribution >= 0.6 is 11.8 Å². The van der Waals surface area contributed by atoms with Gasteiger partial charge in [0.2, 0.25) is 0 Å². The number of aliphatic carboxylic acids is 1. The Labute approximate surface area is 116 Å². The van der Waals surface area contributed by atoms with Crippen molar-refractivity contribution < 1.29 is 14.6 Å². The summed E-state index contributed by atoms with van der Waals surface area (Å²) in [5, 5.41) is 17.8. The molecule has 0 aromatic carbocycles. The van der Waals surface area contributed by atoms with Crippen molar-refractivity contribution >= 4 is 17.7 Å². The first-order valence-electron chi connectivity index (χ1n) is 6.41. The van der Waals surface area contributed by atoms with Gasteiger partial charge in [0.05, 0.1) is 5.75 Å². The van der Waals surface area contributed by atoms with E-state index in [9.17, 15) is 4.79 Å². The van der Waals surface area contributed by atoms with Gasteiger partial charge < -0.3 is 14.4 Å². The van der Waals surface area contributed by atoms with E-state index >= 15 is 0 Å². The fourth-order valence-corrected chi connectivity index (χ4v) is 3.01. The van der Waals surface area contributed by atoms with Crippen molar-refractivity contribution in [2.45, 2.75) is 44.5 Å². The van der Waals surface area contributed by atoms with Crippen molar-refractivity contribution in [1.29, 1.82) is 0 Å². The minimum Gasteiger partial charge on any atom is -0.481 e. The van der Waals surface area contributed by atoms with Crippen LogP contribution in [-0.2, 0) is 9.53 Å². The van der Waals surface area contributed by atoms with Crippen LogP contribution in [0.4, 0.5) is 0 Å². The van der Waals surface area contributed by atoms with Crippen LogP contribution in [0, 0.1) is 5.92 Å². The Hall–Kier alpha value is -1.08. The quantitative estimate of drug-likeness (QED) is 0.835. The normalized spacial score (nSPS) is 23.2. The van der Waals surface area contributed by atoms with E-state index in [0.717, 1.165) is 18.9 Å². The first kappa shape index (κ1) is 14.3. The van der Waals surface area contributed by atoms with E-state index in [1.807, 2.05) is 18.4 Å². The van der Waals surface area contributed by atoms with E-state index in [2.05, 4.69) is 17.1 Å². The third-order valence-corrected chi connectivity index (χ3v) is 4.10. The molecule has 0 aliphatic carbocycles. The Bertz CT molecular complexity index is 461. The van der Waals surface area contributed by atoms with Gasteiger partial charge >= 0.3 is 5.97 Å². The molecule has 2 atom stereocenters. The highest BCUT2D eigenvalue weighted by Crippen LogP contribution is 2.35. The number of carboxylic acids is 1. The Kier molecular flexibility index (Phi) is 4.46. The van der Waals surface area contributed by atoms with Crippen LogP contribution in [-0.4, -0.2) is 38.2 Å². The van der Waals surface area contributed by atoms with Crippen molar-refractivity contribution in [1.82, 2.24) is 14.8 Å². The maximum Gasteiger partial charge on any atom is 0.313 e. The first-order valence-corrected chi connectivity index (χ1v) is 7.40. The van der Waals surface area contributed by atoms with Gasteiger partial charge in [-0.1, -0.05) is 18.7 Å². The topological polar surface area (TPSA) is 77.2 Å². The van der Waals surface area contributed by atoms with Crippen LogP contribution in [0.15, 0.2) is 5.16 Å². The number of aromatic nitrogens is 3. The molecule has 1 aliphatic rings. The molecule has 0 radical (unpaired) electrons. The number of carboxylic acid groups (broad SMARTS) is 1. The van der Waals surface area contributed by atoms with Gasteiger partial charge in [0.1, 0.15) is 6.10 Å². The molecule has 0 bridgehead atoms. The fourth-order valence-electron chi connectivity index (χ4n) is 2.22. The average molecular weight is 285 g/mol. The summed E-state index contributed by atoms with van der Waals surface area (Å²) in [6, 6.07) is 0.178. The zero-order valence-electron chi connectivity index (χ0n) is 11.4. The summed E-state index contributed by atoms with van der Waals surface area (Å²) in [6.07, 6.45) is 0.988. The van der Waals surface area contributed by atoms with Gasteiger partial charge in [0, 0.05) is 12.6 Å². The van der Waals surface area contributed by atoms with E-state index in [0.29, 0.717) is 11.1 Å². The second-order valence-corrected chi connectivity index (χ2v) is 5.99. The molecule has 1 saturated heterocycles. The van der Waals surface area contributed by atoms with Gasteiger partial charge in [-0.3, -0.25) is 4.79 Å². The summed E-state index contributed by atoms with van der Waals surface area (Å²) < 4.78 is 7.72. The van der Waals surface area contributed by atoms with Gasteiger partial charge in [0.25, 0.3) is 0 Å². The SMILES string of the molecule is CC1CCOC1c1nnc(SCC(=O)O)n1C(C)C. The van der Waals surface area contributed by atoms with Crippen molar-refractivity contribution in [2.24, 2.45) is 5.92 Å². The number of hydrogen-bond acceptors (Lipinski definition) is 5. The summed E-state index contributed by atoms with van der Waals surface area (Å²) in [5.74, 6) is 0.369. The Morgan fingerprint density at radius 1 is 1.58 bits per heavy atom. The first-order chi connectivity index (χ1) is 9.00. The molecular weight excluding hydrogens is 266 g/mol. The summed E-state index contributed by atoms with van der Waals surface area (Å²) in [6.45, 7) is 6.96. The molecule has 0 saturated carbocycles. The fraction of sp³-hybridized carbons (Fsp3) is 0.750. The summed E-state index contributed by atoms with van der Waals surface area (Å²) in [5.41, 5.74) is 0. The predicted molar refractivity (Wildman–Crippen MR) is 71.2 cm³/mol. The highest BCUT2D eigenvalue weighted by molar-refractivity contribution is 7.99. The zero-order valence-corrected chi connectivity index (χ0v) is 12.2. The summed E-state index contributed by atoms with van der Waals surface area (Å²) >= 11 is 1.20. The smallest absolute Gasteiger partial charge is 0.313 e. The van der Waals surface area contributed by atoms with Crippen LogP contribution in [0.25, 0.3) is 0 Å².